The van der Waals surface area contributed by atoms with Crippen LogP contribution in [-0.4, -0.2) is 21.9 Å². The second-order valence-electron chi connectivity index (χ2n) is 5.89. The van der Waals surface area contributed by atoms with Gasteiger partial charge >= 0.3 is 0 Å². The third-order valence-corrected chi connectivity index (χ3v) is 4.58. The summed E-state index contributed by atoms with van der Waals surface area (Å²) in [5.74, 6) is 0.0962. The van der Waals surface area contributed by atoms with Crippen molar-refractivity contribution in [3.63, 3.8) is 0 Å². The number of carbonyl (C=O) groups excluding carboxylic acids is 1. The summed E-state index contributed by atoms with van der Waals surface area (Å²) in [5, 5.41) is 11.0. The Bertz CT molecular complexity index is 909. The third kappa shape index (κ3) is 4.70. The smallest absolute Gasteiger partial charge is 0.277 e. The molecule has 26 heavy (non-hydrogen) atoms. The molecule has 0 saturated carbocycles. The first-order valence-corrected chi connectivity index (χ1v) is 9.05. The first-order chi connectivity index (χ1) is 12.5. The fraction of sp³-hybridized carbons (Fsp3) is 0.211. The molecule has 2 aromatic carbocycles. The van der Waals surface area contributed by atoms with Gasteiger partial charge in [-0.05, 0) is 43.2 Å². The molecular formula is C19H18FN3O2S. The van der Waals surface area contributed by atoms with Gasteiger partial charge in [0.15, 0.2) is 0 Å². The van der Waals surface area contributed by atoms with Crippen molar-refractivity contribution in [3.05, 3.63) is 65.0 Å². The quantitative estimate of drug-likeness (QED) is 0.666. The van der Waals surface area contributed by atoms with Crippen LogP contribution in [0.1, 0.15) is 16.7 Å². The van der Waals surface area contributed by atoms with Crippen molar-refractivity contribution < 1.29 is 13.6 Å². The normalized spacial score (nSPS) is 10.7. The van der Waals surface area contributed by atoms with Crippen LogP contribution in [0.4, 0.5) is 4.39 Å². The van der Waals surface area contributed by atoms with Crippen LogP contribution in [-0.2, 0) is 11.3 Å². The lowest BCUT2D eigenvalue weighted by molar-refractivity contribution is -0.118. The highest BCUT2D eigenvalue weighted by Crippen LogP contribution is 2.23. The zero-order valence-electron chi connectivity index (χ0n) is 14.5. The van der Waals surface area contributed by atoms with Crippen LogP contribution in [0, 0.1) is 19.7 Å². The first-order valence-electron chi connectivity index (χ1n) is 8.06. The van der Waals surface area contributed by atoms with E-state index in [0.717, 1.165) is 22.9 Å². The number of hydrogen-bond donors (Lipinski definition) is 1. The van der Waals surface area contributed by atoms with Gasteiger partial charge in [-0.2, -0.15) is 0 Å². The van der Waals surface area contributed by atoms with Crippen molar-refractivity contribution >= 4 is 17.7 Å². The van der Waals surface area contributed by atoms with Gasteiger partial charge in [-0.3, -0.25) is 4.79 Å². The summed E-state index contributed by atoms with van der Waals surface area (Å²) >= 11 is 1.16. The zero-order valence-corrected chi connectivity index (χ0v) is 15.3. The maximum atomic E-state index is 13.5. The van der Waals surface area contributed by atoms with Crippen LogP contribution in [0.15, 0.2) is 52.1 Å². The van der Waals surface area contributed by atoms with Gasteiger partial charge in [0.2, 0.25) is 11.8 Å². The number of nitrogens with zero attached hydrogens (tertiary/aromatic N) is 2. The van der Waals surface area contributed by atoms with Crippen LogP contribution in [0.25, 0.3) is 11.5 Å². The van der Waals surface area contributed by atoms with Crippen molar-refractivity contribution in [2.45, 2.75) is 25.6 Å². The predicted molar refractivity (Wildman–Crippen MR) is 98.2 cm³/mol. The Hall–Kier alpha value is -2.67. The molecule has 0 spiro atoms. The lowest BCUT2D eigenvalue weighted by Crippen LogP contribution is -2.24. The maximum absolute atomic E-state index is 13.5. The topological polar surface area (TPSA) is 68.0 Å². The zero-order chi connectivity index (χ0) is 18.5. The number of hydrogen-bond acceptors (Lipinski definition) is 5. The minimum atomic E-state index is -0.277. The summed E-state index contributed by atoms with van der Waals surface area (Å²) in [5.41, 5.74) is 3.27. The van der Waals surface area contributed by atoms with E-state index in [0.29, 0.717) is 22.2 Å². The first kappa shape index (κ1) is 18.1. The van der Waals surface area contributed by atoms with E-state index in [1.165, 1.54) is 6.07 Å². The Balaban J connectivity index is 1.50. The lowest BCUT2D eigenvalue weighted by atomic mass is 10.1. The molecule has 0 radical (unpaired) electrons. The Morgan fingerprint density at radius 3 is 2.65 bits per heavy atom. The van der Waals surface area contributed by atoms with Crippen molar-refractivity contribution in [2.24, 2.45) is 0 Å². The number of nitrogens with one attached hydrogen (secondary N) is 1. The number of rotatable bonds is 6. The molecular weight excluding hydrogens is 353 g/mol. The number of amides is 1. The molecule has 0 fully saturated rings. The number of carbonyl (C=O) groups is 1. The van der Waals surface area contributed by atoms with Gasteiger partial charge in [-0.15, -0.1) is 10.2 Å². The van der Waals surface area contributed by atoms with E-state index in [-0.39, 0.29) is 24.0 Å². The second kappa shape index (κ2) is 8.14. The molecule has 0 aliphatic rings. The summed E-state index contributed by atoms with van der Waals surface area (Å²) in [4.78, 5) is 11.9. The van der Waals surface area contributed by atoms with E-state index >= 15 is 0 Å². The molecule has 134 valence electrons. The lowest BCUT2D eigenvalue weighted by Gasteiger charge is -2.05. The van der Waals surface area contributed by atoms with Gasteiger partial charge < -0.3 is 9.73 Å². The number of aromatic nitrogens is 2. The Morgan fingerprint density at radius 2 is 1.92 bits per heavy atom. The van der Waals surface area contributed by atoms with Gasteiger partial charge in [-0.1, -0.05) is 41.6 Å². The molecule has 0 bridgehead atoms. The molecule has 3 rings (SSSR count). The number of thioether (sulfide) groups is 1. The van der Waals surface area contributed by atoms with Crippen LogP contribution in [0.3, 0.4) is 0 Å². The van der Waals surface area contributed by atoms with Gasteiger partial charge in [0.05, 0.1) is 5.75 Å². The van der Waals surface area contributed by atoms with E-state index in [1.54, 1.807) is 19.1 Å². The van der Waals surface area contributed by atoms with Gasteiger partial charge in [0.25, 0.3) is 5.22 Å². The van der Waals surface area contributed by atoms with E-state index < -0.39 is 0 Å². The third-order valence-electron chi connectivity index (χ3n) is 3.76. The summed E-state index contributed by atoms with van der Waals surface area (Å²) in [6.07, 6.45) is 0. The molecule has 1 heterocycles. The molecule has 3 aromatic rings. The molecule has 7 heteroatoms. The fourth-order valence-corrected chi connectivity index (χ4v) is 2.80. The molecule has 1 aromatic heterocycles. The molecule has 0 saturated heterocycles. The standard InChI is InChI=1S/C19H18FN3O2S/c1-12-3-7-15(8-4-12)18-22-23-19(25-18)26-11-17(24)21-10-14-6-5-13(2)16(20)9-14/h3-9H,10-11H2,1-2H3,(H,21,24). The van der Waals surface area contributed by atoms with E-state index in [9.17, 15) is 9.18 Å². The highest BCUT2D eigenvalue weighted by Gasteiger charge is 2.11. The van der Waals surface area contributed by atoms with Crippen LogP contribution < -0.4 is 5.32 Å². The Morgan fingerprint density at radius 1 is 1.15 bits per heavy atom. The molecule has 0 unspecified atom stereocenters. The van der Waals surface area contributed by atoms with Crippen LogP contribution >= 0.6 is 11.8 Å². The summed E-state index contributed by atoms with van der Waals surface area (Å²) < 4.78 is 19.1. The summed E-state index contributed by atoms with van der Waals surface area (Å²) in [7, 11) is 0. The van der Waals surface area contributed by atoms with Crippen molar-refractivity contribution in [1.29, 1.82) is 0 Å². The average Bonchev–Trinajstić information content (AvgIpc) is 3.10. The fourth-order valence-electron chi connectivity index (χ4n) is 2.21. The van der Waals surface area contributed by atoms with Crippen molar-refractivity contribution in [1.82, 2.24) is 15.5 Å². The molecule has 0 aliphatic carbocycles. The number of halogens is 1. The average molecular weight is 371 g/mol. The number of aryl methyl sites for hydroxylation is 2. The Kier molecular flexibility index (Phi) is 5.68. The van der Waals surface area contributed by atoms with Crippen molar-refractivity contribution in [3.8, 4) is 11.5 Å². The largest absolute Gasteiger partial charge is 0.411 e. The second-order valence-corrected chi connectivity index (χ2v) is 6.81. The summed E-state index contributed by atoms with van der Waals surface area (Å²) in [6, 6.07) is 12.7. The Labute approximate surface area is 155 Å². The van der Waals surface area contributed by atoms with Gasteiger partial charge in [0, 0.05) is 12.1 Å². The van der Waals surface area contributed by atoms with Crippen LogP contribution in [0.2, 0.25) is 0 Å². The maximum Gasteiger partial charge on any atom is 0.277 e. The predicted octanol–water partition coefficient (Wildman–Crippen LogP) is 3.90. The molecule has 5 nitrogen and oxygen atoms in total. The van der Waals surface area contributed by atoms with Crippen molar-refractivity contribution in [2.75, 3.05) is 5.75 Å². The molecule has 0 aliphatic heterocycles. The monoisotopic (exact) mass is 371 g/mol. The van der Waals surface area contributed by atoms with Gasteiger partial charge in [0.1, 0.15) is 5.82 Å². The number of benzene rings is 2. The van der Waals surface area contributed by atoms with E-state index in [4.69, 9.17) is 4.42 Å². The highest BCUT2D eigenvalue weighted by atomic mass is 32.2. The van der Waals surface area contributed by atoms with E-state index in [2.05, 4.69) is 15.5 Å². The molecule has 1 amide bonds. The minimum absolute atomic E-state index is 0.143. The van der Waals surface area contributed by atoms with Gasteiger partial charge in [-0.25, -0.2) is 4.39 Å². The van der Waals surface area contributed by atoms with Crippen LogP contribution in [0.5, 0.6) is 0 Å². The minimum Gasteiger partial charge on any atom is -0.411 e. The highest BCUT2D eigenvalue weighted by molar-refractivity contribution is 7.99. The molecule has 1 N–H and O–H groups in total. The summed E-state index contributed by atoms with van der Waals surface area (Å²) in [6.45, 7) is 3.97. The van der Waals surface area contributed by atoms with E-state index in [1.807, 2.05) is 31.2 Å². The SMILES string of the molecule is Cc1ccc(-c2nnc(SCC(=O)NCc3ccc(C)c(F)c3)o2)cc1. The molecule has 0 atom stereocenters.